The van der Waals surface area contributed by atoms with E-state index >= 15 is 0 Å². The molecule has 5 nitrogen and oxygen atoms in total. The lowest BCUT2D eigenvalue weighted by Crippen LogP contribution is -2.45. The molecule has 3 amide bonds. The molecule has 7 heteroatoms. The Morgan fingerprint density at radius 1 is 1.35 bits per heavy atom. The number of primary amides is 1. The van der Waals surface area contributed by atoms with E-state index in [2.05, 4.69) is 5.32 Å². The van der Waals surface area contributed by atoms with Crippen LogP contribution < -0.4 is 11.1 Å². The molecule has 1 aliphatic heterocycles. The summed E-state index contributed by atoms with van der Waals surface area (Å²) in [5.74, 6) is -2.39. The largest absolute Gasteiger partial charge is 0.369 e. The lowest BCUT2D eigenvalue weighted by atomic mass is 9.98. The Bertz CT molecular complexity index is 536. The van der Waals surface area contributed by atoms with Gasteiger partial charge < -0.3 is 16.0 Å². The molecular formula is C13H15F2N3O2. The van der Waals surface area contributed by atoms with Crippen molar-refractivity contribution in [3.05, 3.63) is 29.8 Å². The average Bonchev–Trinajstić information content (AvgIpc) is 2.42. The Labute approximate surface area is 114 Å². The van der Waals surface area contributed by atoms with E-state index in [1.165, 1.54) is 4.90 Å². The number of piperidine rings is 1. The van der Waals surface area contributed by atoms with Gasteiger partial charge in [0.25, 0.3) is 0 Å². The van der Waals surface area contributed by atoms with Gasteiger partial charge in [0, 0.05) is 19.2 Å². The zero-order chi connectivity index (χ0) is 14.7. The van der Waals surface area contributed by atoms with Crippen molar-refractivity contribution in [2.24, 2.45) is 11.7 Å². The molecule has 1 heterocycles. The SMILES string of the molecule is NC(=O)C1CCCN(C(=O)Nc2ccc(F)cc2F)C1. The number of nitrogens with one attached hydrogen (secondary N) is 1. The Balaban J connectivity index is 2.02. The fourth-order valence-electron chi connectivity index (χ4n) is 2.18. The van der Waals surface area contributed by atoms with Crippen LogP contribution >= 0.6 is 0 Å². The van der Waals surface area contributed by atoms with Gasteiger partial charge in [-0.2, -0.15) is 0 Å². The first-order chi connectivity index (χ1) is 9.47. The fraction of sp³-hybridized carbons (Fsp3) is 0.385. The van der Waals surface area contributed by atoms with E-state index in [1.54, 1.807) is 0 Å². The summed E-state index contributed by atoms with van der Waals surface area (Å²) in [5.41, 5.74) is 5.12. The first kappa shape index (κ1) is 14.2. The van der Waals surface area contributed by atoms with Crippen LogP contribution in [-0.2, 0) is 4.79 Å². The number of nitrogens with two attached hydrogens (primary N) is 1. The number of hydrogen-bond acceptors (Lipinski definition) is 2. The van der Waals surface area contributed by atoms with Gasteiger partial charge in [-0.3, -0.25) is 4.79 Å². The van der Waals surface area contributed by atoms with Crippen LogP contribution in [0.1, 0.15) is 12.8 Å². The lowest BCUT2D eigenvalue weighted by Gasteiger charge is -2.31. The maximum Gasteiger partial charge on any atom is 0.321 e. The molecule has 1 atom stereocenters. The van der Waals surface area contributed by atoms with Crippen molar-refractivity contribution in [1.29, 1.82) is 0 Å². The number of rotatable bonds is 2. The van der Waals surface area contributed by atoms with E-state index in [0.717, 1.165) is 12.1 Å². The van der Waals surface area contributed by atoms with Crippen molar-refractivity contribution in [3.8, 4) is 0 Å². The predicted molar refractivity (Wildman–Crippen MR) is 68.9 cm³/mol. The van der Waals surface area contributed by atoms with Gasteiger partial charge in [-0.25, -0.2) is 13.6 Å². The second-order valence-corrected chi connectivity index (χ2v) is 4.74. The van der Waals surface area contributed by atoms with Crippen LogP contribution in [0, 0.1) is 17.6 Å². The minimum Gasteiger partial charge on any atom is -0.369 e. The molecule has 108 valence electrons. The Morgan fingerprint density at radius 3 is 2.75 bits per heavy atom. The Kier molecular flexibility index (Phi) is 4.16. The third-order valence-corrected chi connectivity index (χ3v) is 3.28. The topological polar surface area (TPSA) is 75.4 Å². The molecule has 3 N–H and O–H groups in total. The number of anilines is 1. The number of halogens is 2. The molecule has 1 aromatic carbocycles. The smallest absolute Gasteiger partial charge is 0.321 e. The van der Waals surface area contributed by atoms with E-state index in [9.17, 15) is 18.4 Å². The summed E-state index contributed by atoms with van der Waals surface area (Å²) in [4.78, 5) is 24.5. The summed E-state index contributed by atoms with van der Waals surface area (Å²) in [5, 5.41) is 2.36. The number of carbonyl (C=O) groups is 2. The monoisotopic (exact) mass is 283 g/mol. The molecule has 0 radical (unpaired) electrons. The van der Waals surface area contributed by atoms with Gasteiger partial charge in [0.15, 0.2) is 0 Å². The number of nitrogens with zero attached hydrogens (tertiary/aromatic N) is 1. The third kappa shape index (κ3) is 3.23. The van der Waals surface area contributed by atoms with Crippen LogP contribution in [0.3, 0.4) is 0 Å². The summed E-state index contributed by atoms with van der Waals surface area (Å²) in [6.45, 7) is 0.683. The number of likely N-dealkylation sites (tertiary alicyclic amines) is 1. The number of benzene rings is 1. The summed E-state index contributed by atoms with van der Waals surface area (Å²) < 4.78 is 26.2. The van der Waals surface area contributed by atoms with Crippen LogP contribution in [-0.4, -0.2) is 29.9 Å². The molecule has 0 saturated carbocycles. The minimum atomic E-state index is -0.846. The molecule has 0 spiro atoms. The minimum absolute atomic E-state index is 0.0994. The molecule has 1 fully saturated rings. The van der Waals surface area contributed by atoms with Gasteiger partial charge in [-0.1, -0.05) is 0 Å². The maximum absolute atomic E-state index is 13.4. The molecule has 2 rings (SSSR count). The van der Waals surface area contributed by atoms with Gasteiger partial charge in [-0.05, 0) is 25.0 Å². The van der Waals surface area contributed by atoms with Crippen molar-refractivity contribution in [1.82, 2.24) is 4.90 Å². The number of urea groups is 1. The van der Waals surface area contributed by atoms with Crippen LogP contribution in [0.4, 0.5) is 19.3 Å². The summed E-state index contributed by atoms with van der Waals surface area (Å²) in [6.07, 6.45) is 1.30. The molecule has 1 saturated heterocycles. The van der Waals surface area contributed by atoms with Crippen molar-refractivity contribution < 1.29 is 18.4 Å². The molecule has 20 heavy (non-hydrogen) atoms. The number of hydrogen-bond donors (Lipinski definition) is 2. The first-order valence-electron chi connectivity index (χ1n) is 6.27. The molecule has 0 aromatic heterocycles. The van der Waals surface area contributed by atoms with Crippen LogP contribution in [0.15, 0.2) is 18.2 Å². The first-order valence-corrected chi connectivity index (χ1v) is 6.27. The van der Waals surface area contributed by atoms with Gasteiger partial charge in [0.05, 0.1) is 11.6 Å². The highest BCUT2D eigenvalue weighted by Crippen LogP contribution is 2.19. The highest BCUT2D eigenvalue weighted by Gasteiger charge is 2.27. The van der Waals surface area contributed by atoms with Crippen LogP contribution in [0.5, 0.6) is 0 Å². The standard InChI is InChI=1S/C13H15F2N3O2/c14-9-3-4-11(10(15)6-9)17-13(20)18-5-1-2-8(7-18)12(16)19/h3-4,6,8H,1-2,5,7H2,(H2,16,19)(H,17,20). The summed E-state index contributed by atoms with van der Waals surface area (Å²) >= 11 is 0. The highest BCUT2D eigenvalue weighted by molar-refractivity contribution is 5.90. The van der Waals surface area contributed by atoms with E-state index < -0.39 is 23.6 Å². The third-order valence-electron chi connectivity index (χ3n) is 3.28. The molecule has 0 aliphatic carbocycles. The summed E-state index contributed by atoms with van der Waals surface area (Å²) in [6, 6.07) is 2.37. The molecule has 1 aromatic rings. The van der Waals surface area contributed by atoms with Crippen molar-refractivity contribution >= 4 is 17.6 Å². The zero-order valence-corrected chi connectivity index (χ0v) is 10.7. The van der Waals surface area contributed by atoms with E-state index in [-0.39, 0.29) is 18.2 Å². The van der Waals surface area contributed by atoms with E-state index in [1.807, 2.05) is 0 Å². The zero-order valence-electron chi connectivity index (χ0n) is 10.7. The van der Waals surface area contributed by atoms with Crippen molar-refractivity contribution in [2.45, 2.75) is 12.8 Å². The summed E-state index contributed by atoms with van der Waals surface area (Å²) in [7, 11) is 0. The molecular weight excluding hydrogens is 268 g/mol. The second kappa shape index (κ2) is 5.85. The van der Waals surface area contributed by atoms with Crippen LogP contribution in [0.2, 0.25) is 0 Å². The van der Waals surface area contributed by atoms with E-state index in [4.69, 9.17) is 5.73 Å². The quantitative estimate of drug-likeness (QED) is 0.866. The number of amides is 3. The maximum atomic E-state index is 13.4. The second-order valence-electron chi connectivity index (χ2n) is 4.74. The lowest BCUT2D eigenvalue weighted by molar-refractivity contribution is -0.123. The molecule has 1 unspecified atom stereocenters. The average molecular weight is 283 g/mol. The van der Waals surface area contributed by atoms with Gasteiger partial charge >= 0.3 is 6.03 Å². The fourth-order valence-corrected chi connectivity index (χ4v) is 2.18. The van der Waals surface area contributed by atoms with Crippen molar-refractivity contribution in [3.63, 3.8) is 0 Å². The van der Waals surface area contributed by atoms with Gasteiger partial charge in [0.2, 0.25) is 5.91 Å². The number of carbonyl (C=O) groups excluding carboxylic acids is 2. The molecule has 1 aliphatic rings. The Morgan fingerprint density at radius 2 is 2.10 bits per heavy atom. The Hall–Kier alpha value is -2.18. The van der Waals surface area contributed by atoms with E-state index in [0.29, 0.717) is 25.5 Å². The van der Waals surface area contributed by atoms with Crippen molar-refractivity contribution in [2.75, 3.05) is 18.4 Å². The van der Waals surface area contributed by atoms with Gasteiger partial charge in [0.1, 0.15) is 11.6 Å². The highest BCUT2D eigenvalue weighted by atomic mass is 19.1. The van der Waals surface area contributed by atoms with Gasteiger partial charge in [-0.15, -0.1) is 0 Å². The normalized spacial score (nSPS) is 18.7. The molecule has 0 bridgehead atoms. The van der Waals surface area contributed by atoms with Crippen LogP contribution in [0.25, 0.3) is 0 Å². The predicted octanol–water partition coefficient (Wildman–Crippen LogP) is 1.69.